The first kappa shape index (κ1) is 16.0. The number of aliphatic carboxylic acids is 1. The van der Waals surface area contributed by atoms with Gasteiger partial charge in [0.25, 0.3) is 0 Å². The Bertz CT molecular complexity index is 509. The van der Waals surface area contributed by atoms with Crippen molar-refractivity contribution in [2.75, 3.05) is 0 Å². The van der Waals surface area contributed by atoms with Gasteiger partial charge in [0.2, 0.25) is 5.83 Å². The minimum atomic E-state index is -4.82. The highest BCUT2D eigenvalue weighted by Crippen LogP contribution is 2.29. The Balaban J connectivity index is 3.02. The van der Waals surface area contributed by atoms with Gasteiger partial charge in [0.05, 0.1) is 0 Å². The predicted octanol–water partition coefficient (Wildman–Crippen LogP) is 4.02. The van der Waals surface area contributed by atoms with Crippen LogP contribution in [0.15, 0.2) is 36.2 Å². The van der Waals surface area contributed by atoms with Gasteiger partial charge in [-0.15, -0.1) is 13.2 Å². The number of hydrogen-bond acceptors (Lipinski definition) is 2. The molecular formula is C13H12F4O3. The van der Waals surface area contributed by atoms with E-state index >= 15 is 0 Å². The van der Waals surface area contributed by atoms with Gasteiger partial charge in [0, 0.05) is 5.92 Å². The van der Waals surface area contributed by atoms with Crippen molar-refractivity contribution in [3.05, 3.63) is 41.7 Å². The molecule has 0 heterocycles. The SMILES string of the molecule is CCC(C=C(F)C(=O)O)c1cccc(OC(F)(F)F)c1. The number of allylic oxidation sites excluding steroid dienone is 1. The molecule has 0 aliphatic carbocycles. The lowest BCUT2D eigenvalue weighted by Crippen LogP contribution is -2.17. The summed E-state index contributed by atoms with van der Waals surface area (Å²) in [6.07, 6.45) is -3.63. The molecule has 1 N–H and O–H groups in total. The van der Waals surface area contributed by atoms with Crippen LogP contribution in [-0.2, 0) is 4.79 Å². The van der Waals surface area contributed by atoms with Crippen LogP contribution in [0.1, 0.15) is 24.8 Å². The van der Waals surface area contributed by atoms with Gasteiger partial charge in [-0.1, -0.05) is 19.1 Å². The van der Waals surface area contributed by atoms with E-state index in [4.69, 9.17) is 5.11 Å². The van der Waals surface area contributed by atoms with Crippen molar-refractivity contribution in [1.82, 2.24) is 0 Å². The third kappa shape index (κ3) is 4.91. The summed E-state index contributed by atoms with van der Waals surface area (Å²) in [6, 6.07) is 5.02. The molecule has 0 saturated carbocycles. The van der Waals surface area contributed by atoms with E-state index in [1.54, 1.807) is 6.92 Å². The molecule has 0 spiro atoms. The van der Waals surface area contributed by atoms with Gasteiger partial charge in [-0.05, 0) is 30.2 Å². The molecule has 1 aromatic rings. The Labute approximate surface area is 112 Å². The highest BCUT2D eigenvalue weighted by atomic mass is 19.4. The van der Waals surface area contributed by atoms with E-state index in [9.17, 15) is 22.4 Å². The summed E-state index contributed by atoms with van der Waals surface area (Å²) in [5.74, 6) is -4.15. The molecule has 0 bridgehead atoms. The molecule has 1 atom stereocenters. The molecule has 3 nitrogen and oxygen atoms in total. The average molecular weight is 292 g/mol. The van der Waals surface area contributed by atoms with Crippen LogP contribution in [-0.4, -0.2) is 17.4 Å². The number of hydrogen-bond donors (Lipinski definition) is 1. The normalized spacial score (nSPS) is 13.9. The van der Waals surface area contributed by atoms with Crippen LogP contribution in [0.2, 0.25) is 0 Å². The molecular weight excluding hydrogens is 280 g/mol. The molecule has 20 heavy (non-hydrogen) atoms. The largest absolute Gasteiger partial charge is 0.573 e. The first-order valence-corrected chi connectivity index (χ1v) is 5.69. The van der Waals surface area contributed by atoms with Gasteiger partial charge in [-0.3, -0.25) is 0 Å². The lowest BCUT2D eigenvalue weighted by atomic mass is 9.95. The maximum Gasteiger partial charge on any atom is 0.573 e. The van der Waals surface area contributed by atoms with Crippen LogP contribution in [0, 0.1) is 0 Å². The number of benzene rings is 1. The summed E-state index contributed by atoms with van der Waals surface area (Å²) < 4.78 is 53.1. The molecule has 0 aliphatic heterocycles. The van der Waals surface area contributed by atoms with Crippen molar-refractivity contribution in [2.45, 2.75) is 25.6 Å². The minimum Gasteiger partial charge on any atom is -0.476 e. The molecule has 1 aromatic carbocycles. The van der Waals surface area contributed by atoms with Crippen LogP contribution in [0.25, 0.3) is 0 Å². The Kier molecular flexibility index (Phi) is 5.12. The quantitative estimate of drug-likeness (QED) is 0.658. The molecule has 7 heteroatoms. The fraction of sp³-hybridized carbons (Fsp3) is 0.308. The van der Waals surface area contributed by atoms with Crippen molar-refractivity contribution in [2.24, 2.45) is 0 Å². The highest BCUT2D eigenvalue weighted by Gasteiger charge is 2.31. The number of carboxylic acids is 1. The summed E-state index contributed by atoms with van der Waals surface area (Å²) in [7, 11) is 0. The van der Waals surface area contributed by atoms with Crippen molar-refractivity contribution in [3.8, 4) is 5.75 Å². The lowest BCUT2D eigenvalue weighted by Gasteiger charge is -2.14. The molecule has 0 amide bonds. The summed E-state index contributed by atoms with van der Waals surface area (Å²) in [6.45, 7) is 1.66. The number of ether oxygens (including phenoxy) is 1. The number of carbonyl (C=O) groups is 1. The third-order valence-electron chi connectivity index (χ3n) is 2.51. The molecule has 1 rings (SSSR count). The number of carboxylic acid groups (broad SMARTS) is 1. The minimum absolute atomic E-state index is 0.330. The van der Waals surface area contributed by atoms with Gasteiger partial charge >= 0.3 is 12.3 Å². The Morgan fingerprint density at radius 1 is 1.45 bits per heavy atom. The highest BCUT2D eigenvalue weighted by molar-refractivity contribution is 5.84. The molecule has 0 radical (unpaired) electrons. The third-order valence-corrected chi connectivity index (χ3v) is 2.51. The summed E-state index contributed by atoms with van der Waals surface area (Å²) >= 11 is 0. The zero-order chi connectivity index (χ0) is 15.3. The number of halogens is 4. The average Bonchev–Trinajstić information content (AvgIpc) is 2.33. The Hall–Kier alpha value is -2.05. The van der Waals surface area contributed by atoms with E-state index in [0.29, 0.717) is 12.0 Å². The van der Waals surface area contributed by atoms with Gasteiger partial charge in [-0.2, -0.15) is 4.39 Å². The second kappa shape index (κ2) is 6.40. The van der Waals surface area contributed by atoms with Crippen molar-refractivity contribution in [3.63, 3.8) is 0 Å². The van der Waals surface area contributed by atoms with Gasteiger partial charge in [0.1, 0.15) is 5.75 Å². The molecule has 1 unspecified atom stereocenters. The summed E-state index contributed by atoms with van der Waals surface area (Å²) in [4.78, 5) is 10.4. The molecule has 0 aliphatic rings. The Morgan fingerprint density at radius 2 is 2.10 bits per heavy atom. The molecule has 110 valence electrons. The first-order chi connectivity index (χ1) is 9.23. The van der Waals surface area contributed by atoms with E-state index in [2.05, 4.69) is 4.74 Å². The topological polar surface area (TPSA) is 46.5 Å². The maximum atomic E-state index is 13.1. The zero-order valence-electron chi connectivity index (χ0n) is 10.4. The van der Waals surface area contributed by atoms with E-state index < -0.39 is 29.8 Å². The van der Waals surface area contributed by atoms with Crippen molar-refractivity contribution < 1.29 is 32.2 Å². The maximum absolute atomic E-state index is 13.1. The van der Waals surface area contributed by atoms with Crippen LogP contribution in [0.5, 0.6) is 5.75 Å². The van der Waals surface area contributed by atoms with Crippen molar-refractivity contribution >= 4 is 5.97 Å². The second-order valence-electron chi connectivity index (χ2n) is 3.95. The molecule has 0 saturated heterocycles. The summed E-state index contributed by atoms with van der Waals surface area (Å²) in [5.41, 5.74) is 0.339. The van der Waals surface area contributed by atoms with Crippen LogP contribution in [0.4, 0.5) is 17.6 Å². The second-order valence-corrected chi connectivity index (χ2v) is 3.95. The van der Waals surface area contributed by atoms with E-state index in [-0.39, 0.29) is 0 Å². The smallest absolute Gasteiger partial charge is 0.476 e. The fourth-order valence-electron chi connectivity index (χ4n) is 1.64. The van der Waals surface area contributed by atoms with E-state index in [1.807, 2.05) is 0 Å². The standard InChI is InChI=1S/C13H12F4O3/c1-2-8(7-11(14)12(18)19)9-4-3-5-10(6-9)20-13(15,16)17/h3-8H,2H2,1H3,(H,18,19). The van der Waals surface area contributed by atoms with Gasteiger partial charge < -0.3 is 9.84 Å². The number of rotatable bonds is 5. The lowest BCUT2D eigenvalue weighted by molar-refractivity contribution is -0.274. The molecule has 0 aromatic heterocycles. The monoisotopic (exact) mass is 292 g/mol. The number of alkyl halides is 3. The van der Waals surface area contributed by atoms with E-state index in [0.717, 1.165) is 18.2 Å². The van der Waals surface area contributed by atoms with Crippen LogP contribution < -0.4 is 4.74 Å². The fourth-order valence-corrected chi connectivity index (χ4v) is 1.64. The Morgan fingerprint density at radius 3 is 2.60 bits per heavy atom. The van der Waals surface area contributed by atoms with Gasteiger partial charge in [0.15, 0.2) is 0 Å². The van der Waals surface area contributed by atoms with E-state index in [1.165, 1.54) is 12.1 Å². The van der Waals surface area contributed by atoms with Crippen LogP contribution in [0.3, 0.4) is 0 Å². The van der Waals surface area contributed by atoms with Crippen LogP contribution >= 0.6 is 0 Å². The van der Waals surface area contributed by atoms with Gasteiger partial charge in [-0.25, -0.2) is 4.79 Å². The predicted molar refractivity (Wildman–Crippen MR) is 63.0 cm³/mol. The summed E-state index contributed by atoms with van der Waals surface area (Å²) in [5, 5.41) is 8.46. The molecule has 0 fully saturated rings. The first-order valence-electron chi connectivity index (χ1n) is 5.69. The van der Waals surface area contributed by atoms with Crippen molar-refractivity contribution in [1.29, 1.82) is 0 Å². The zero-order valence-corrected chi connectivity index (χ0v) is 10.4.